The fraction of sp³-hybridized carbons (Fsp3) is 0.647. The molecule has 1 aromatic heterocycles. The molecule has 2 rings (SSSR count). The van der Waals surface area contributed by atoms with Gasteiger partial charge in [-0.05, 0) is 53.5 Å². The van der Waals surface area contributed by atoms with E-state index in [0.29, 0.717) is 30.1 Å². The van der Waals surface area contributed by atoms with Crippen molar-refractivity contribution < 1.29 is 19.1 Å². The van der Waals surface area contributed by atoms with Crippen LogP contribution in [0.3, 0.4) is 0 Å². The predicted octanol–water partition coefficient (Wildman–Crippen LogP) is 3.54. The van der Waals surface area contributed by atoms with Crippen LogP contribution >= 0.6 is 11.3 Å². The second kappa shape index (κ2) is 6.27. The summed E-state index contributed by atoms with van der Waals surface area (Å²) in [4.78, 5) is 27.4. The van der Waals surface area contributed by atoms with Crippen molar-refractivity contribution in [3.8, 4) is 0 Å². The zero-order chi connectivity index (χ0) is 18.3. The summed E-state index contributed by atoms with van der Waals surface area (Å²) in [5.41, 5.74) is 6.27. The number of nitrogens with zero attached hydrogens (tertiary/aromatic N) is 1. The zero-order valence-corrected chi connectivity index (χ0v) is 16.0. The first-order valence-electron chi connectivity index (χ1n) is 8.08. The maximum absolute atomic E-state index is 12.6. The first-order chi connectivity index (χ1) is 11.0. The van der Waals surface area contributed by atoms with E-state index in [2.05, 4.69) is 0 Å². The average Bonchev–Trinajstić information content (AvgIpc) is 2.74. The van der Waals surface area contributed by atoms with Gasteiger partial charge in [0.1, 0.15) is 10.6 Å². The van der Waals surface area contributed by atoms with Crippen molar-refractivity contribution in [2.75, 3.05) is 18.9 Å². The first-order valence-corrected chi connectivity index (χ1v) is 8.90. The van der Waals surface area contributed by atoms with Crippen molar-refractivity contribution in [1.82, 2.24) is 4.90 Å². The molecule has 0 fully saturated rings. The number of thiophene rings is 1. The van der Waals surface area contributed by atoms with Gasteiger partial charge in [-0.2, -0.15) is 0 Å². The molecule has 0 bridgehead atoms. The van der Waals surface area contributed by atoms with Crippen LogP contribution in [0.1, 0.15) is 62.3 Å². The number of amides is 1. The van der Waals surface area contributed by atoms with Gasteiger partial charge < -0.3 is 15.2 Å². The number of fused-ring (bicyclic) bond motifs is 1. The molecule has 2 heterocycles. The lowest BCUT2D eigenvalue weighted by atomic mass is 9.89. The van der Waals surface area contributed by atoms with E-state index < -0.39 is 17.1 Å². The Morgan fingerprint density at radius 3 is 2.50 bits per heavy atom. The number of carbonyl (C=O) groups excluding carboxylic acids is 2. The smallest absolute Gasteiger partial charge is 0.411 e. The van der Waals surface area contributed by atoms with Crippen LogP contribution in [0.4, 0.5) is 9.80 Å². The number of hydrogen-bond donors (Lipinski definition) is 1. The Labute approximate surface area is 146 Å². The Morgan fingerprint density at radius 2 is 1.96 bits per heavy atom. The zero-order valence-electron chi connectivity index (χ0n) is 15.2. The number of nitrogen functional groups attached to an aromatic ring is 1. The Morgan fingerprint density at radius 1 is 1.33 bits per heavy atom. The monoisotopic (exact) mass is 354 g/mol. The highest BCUT2D eigenvalue weighted by molar-refractivity contribution is 7.16. The molecule has 0 spiro atoms. The summed E-state index contributed by atoms with van der Waals surface area (Å²) in [6, 6.07) is 0. The maximum Gasteiger partial charge on any atom is 0.411 e. The average molecular weight is 354 g/mol. The molecular weight excluding hydrogens is 328 g/mol. The van der Waals surface area contributed by atoms with Crippen LogP contribution in [0, 0.1) is 0 Å². The summed E-state index contributed by atoms with van der Waals surface area (Å²) in [6.45, 7) is 12.0. The standard InChI is InChI=1S/C17H26N2O4S/c1-7-22-14(20)11-10-8-9-19(15(21)23-16(2,3)4)17(5,6)12(10)24-13(11)18/h7-9,18H2,1-6H3. The highest BCUT2D eigenvalue weighted by Gasteiger charge is 2.43. The number of nitrogens with two attached hydrogens (primary N) is 1. The Balaban J connectivity index is 2.39. The lowest BCUT2D eigenvalue weighted by molar-refractivity contribution is 0.000510. The molecule has 0 saturated heterocycles. The summed E-state index contributed by atoms with van der Waals surface area (Å²) in [5, 5.41) is 0.442. The summed E-state index contributed by atoms with van der Waals surface area (Å²) < 4.78 is 10.6. The number of carbonyl (C=O) groups is 2. The van der Waals surface area contributed by atoms with Crippen molar-refractivity contribution in [3.63, 3.8) is 0 Å². The fourth-order valence-electron chi connectivity index (χ4n) is 2.91. The molecule has 7 heteroatoms. The van der Waals surface area contributed by atoms with E-state index in [0.717, 1.165) is 10.4 Å². The molecule has 24 heavy (non-hydrogen) atoms. The molecule has 1 amide bonds. The molecule has 6 nitrogen and oxygen atoms in total. The number of hydrogen-bond acceptors (Lipinski definition) is 6. The topological polar surface area (TPSA) is 81.9 Å². The fourth-order valence-corrected chi connectivity index (χ4v) is 4.12. The van der Waals surface area contributed by atoms with Gasteiger partial charge in [-0.1, -0.05) is 0 Å². The van der Waals surface area contributed by atoms with E-state index in [9.17, 15) is 9.59 Å². The molecule has 1 aliphatic rings. The van der Waals surface area contributed by atoms with Crippen molar-refractivity contribution in [3.05, 3.63) is 16.0 Å². The summed E-state index contributed by atoms with van der Waals surface area (Å²) >= 11 is 1.34. The van der Waals surface area contributed by atoms with Gasteiger partial charge in [0.05, 0.1) is 17.7 Å². The molecular formula is C17H26N2O4S. The Hall–Kier alpha value is -1.76. The second-order valence-corrected chi connectivity index (χ2v) is 8.36. The van der Waals surface area contributed by atoms with E-state index >= 15 is 0 Å². The lowest BCUT2D eigenvalue weighted by Gasteiger charge is -2.42. The highest BCUT2D eigenvalue weighted by atomic mass is 32.1. The van der Waals surface area contributed by atoms with Crippen LogP contribution in [0.2, 0.25) is 0 Å². The third-order valence-electron chi connectivity index (χ3n) is 3.94. The lowest BCUT2D eigenvalue weighted by Crippen LogP contribution is -2.51. The minimum atomic E-state index is -0.598. The normalized spacial score (nSPS) is 16.5. The molecule has 0 atom stereocenters. The van der Waals surface area contributed by atoms with Crippen LogP contribution in [-0.4, -0.2) is 35.7 Å². The minimum absolute atomic E-state index is 0.302. The highest BCUT2D eigenvalue weighted by Crippen LogP contribution is 2.44. The van der Waals surface area contributed by atoms with E-state index in [-0.39, 0.29) is 6.09 Å². The van der Waals surface area contributed by atoms with Crippen molar-refractivity contribution in [2.45, 2.75) is 59.1 Å². The van der Waals surface area contributed by atoms with Gasteiger partial charge in [0.2, 0.25) is 0 Å². The van der Waals surface area contributed by atoms with E-state index in [4.69, 9.17) is 15.2 Å². The number of anilines is 1. The van der Waals surface area contributed by atoms with Gasteiger partial charge >= 0.3 is 12.1 Å². The molecule has 134 valence electrons. The number of ether oxygens (including phenoxy) is 2. The Kier molecular flexibility index (Phi) is 4.86. The van der Waals surface area contributed by atoms with Crippen molar-refractivity contribution in [2.24, 2.45) is 0 Å². The quantitative estimate of drug-likeness (QED) is 0.822. The molecule has 1 aliphatic heterocycles. The van der Waals surface area contributed by atoms with Crippen molar-refractivity contribution in [1.29, 1.82) is 0 Å². The van der Waals surface area contributed by atoms with E-state index in [1.54, 1.807) is 11.8 Å². The third-order valence-corrected chi connectivity index (χ3v) is 5.32. The second-order valence-electron chi connectivity index (χ2n) is 7.31. The molecule has 1 aromatic rings. The van der Waals surface area contributed by atoms with Gasteiger partial charge in [-0.25, -0.2) is 9.59 Å². The molecule has 0 aliphatic carbocycles. The van der Waals surface area contributed by atoms with Crippen LogP contribution in [0.25, 0.3) is 0 Å². The van der Waals surface area contributed by atoms with Crippen LogP contribution in [-0.2, 0) is 21.4 Å². The van der Waals surface area contributed by atoms with Gasteiger partial charge in [0.25, 0.3) is 0 Å². The minimum Gasteiger partial charge on any atom is -0.462 e. The van der Waals surface area contributed by atoms with Gasteiger partial charge in [-0.3, -0.25) is 4.90 Å². The molecule has 0 saturated carbocycles. The maximum atomic E-state index is 12.6. The SMILES string of the molecule is CCOC(=O)c1c(N)sc2c1CCN(C(=O)OC(C)(C)C)C2(C)C. The number of rotatable bonds is 2. The third kappa shape index (κ3) is 3.36. The summed E-state index contributed by atoms with van der Waals surface area (Å²) in [6.07, 6.45) is 0.197. The van der Waals surface area contributed by atoms with Crippen LogP contribution < -0.4 is 5.73 Å². The molecule has 0 unspecified atom stereocenters. The van der Waals surface area contributed by atoms with E-state index in [1.165, 1.54) is 11.3 Å². The summed E-state index contributed by atoms with van der Waals surface area (Å²) in [7, 11) is 0. The van der Waals surface area contributed by atoms with Crippen molar-refractivity contribution >= 4 is 28.4 Å². The number of esters is 1. The van der Waals surface area contributed by atoms with E-state index in [1.807, 2.05) is 34.6 Å². The van der Waals surface area contributed by atoms with Gasteiger partial charge in [0, 0.05) is 11.4 Å². The summed E-state index contributed by atoms with van der Waals surface area (Å²) in [5.74, 6) is -0.394. The largest absolute Gasteiger partial charge is 0.462 e. The van der Waals surface area contributed by atoms with Crippen LogP contribution in [0.5, 0.6) is 0 Å². The Bertz CT molecular complexity index is 658. The van der Waals surface area contributed by atoms with Crippen LogP contribution in [0.15, 0.2) is 0 Å². The first kappa shape index (κ1) is 18.6. The molecule has 0 aromatic carbocycles. The molecule has 0 radical (unpaired) electrons. The predicted molar refractivity (Wildman–Crippen MR) is 94.4 cm³/mol. The van der Waals surface area contributed by atoms with Gasteiger partial charge in [0.15, 0.2) is 0 Å². The molecule has 2 N–H and O–H groups in total. The van der Waals surface area contributed by atoms with Gasteiger partial charge in [-0.15, -0.1) is 11.3 Å².